The number of fused-ring (bicyclic) bond motifs is 3. The molecule has 0 saturated carbocycles. The first-order valence-electron chi connectivity index (χ1n) is 12.1. The van der Waals surface area contributed by atoms with Gasteiger partial charge >= 0.3 is 6.18 Å². The van der Waals surface area contributed by atoms with Gasteiger partial charge in [-0.05, 0) is 55.0 Å². The van der Waals surface area contributed by atoms with E-state index in [0.717, 1.165) is 25.0 Å². The fraction of sp³-hybridized carbons (Fsp3) is 0.172. The molecule has 0 unspecified atom stereocenters. The Morgan fingerprint density at radius 3 is 2.63 bits per heavy atom. The molecule has 2 aromatic carbocycles. The number of nitrogens with one attached hydrogen (secondary N) is 1. The number of carbonyl (C=O) groups excluding carboxylic acids is 1. The van der Waals surface area contributed by atoms with E-state index < -0.39 is 17.3 Å². The molecule has 0 fully saturated rings. The van der Waals surface area contributed by atoms with Crippen LogP contribution in [-0.2, 0) is 11.0 Å². The minimum atomic E-state index is -4.56. The predicted molar refractivity (Wildman–Crippen MR) is 141 cm³/mol. The lowest BCUT2D eigenvalue weighted by atomic mass is 10.0. The largest absolute Gasteiger partial charge is 0.416 e. The Morgan fingerprint density at radius 2 is 1.84 bits per heavy atom. The number of pyridine rings is 3. The normalized spacial score (nSPS) is 11.7. The number of alkyl halides is 3. The lowest BCUT2D eigenvalue weighted by Gasteiger charge is -2.15. The van der Waals surface area contributed by atoms with Crippen LogP contribution in [0.4, 0.5) is 18.9 Å². The number of halogens is 3. The maximum absolute atomic E-state index is 13.5. The Hall–Kier alpha value is -4.53. The topological polar surface area (TPSA) is 76.9 Å². The highest BCUT2D eigenvalue weighted by Gasteiger charge is 2.30. The Bertz CT molecular complexity index is 1730. The van der Waals surface area contributed by atoms with Crippen LogP contribution in [0.3, 0.4) is 0 Å². The highest BCUT2D eigenvalue weighted by Crippen LogP contribution is 2.33. The molecule has 1 amide bonds. The summed E-state index contributed by atoms with van der Waals surface area (Å²) in [6.07, 6.45) is 0.689. The van der Waals surface area contributed by atoms with Crippen molar-refractivity contribution in [3.05, 3.63) is 95.0 Å². The van der Waals surface area contributed by atoms with Crippen molar-refractivity contribution in [2.45, 2.75) is 32.4 Å². The fourth-order valence-electron chi connectivity index (χ4n) is 4.42. The van der Waals surface area contributed by atoms with Gasteiger partial charge in [-0.1, -0.05) is 25.5 Å². The molecular weight excluding hydrogens is 493 g/mol. The van der Waals surface area contributed by atoms with Crippen LogP contribution in [-0.4, -0.2) is 20.4 Å². The second-order valence-electron chi connectivity index (χ2n) is 8.90. The summed E-state index contributed by atoms with van der Waals surface area (Å²) in [5.74, 6) is -0.118. The number of unbranched alkanes of at least 4 members (excludes halogenated alkanes) is 1. The number of rotatable bonds is 6. The third-order valence-electron chi connectivity index (χ3n) is 6.26. The molecule has 5 rings (SSSR count). The summed E-state index contributed by atoms with van der Waals surface area (Å²) in [4.78, 5) is 34.4. The van der Waals surface area contributed by atoms with E-state index in [9.17, 15) is 22.8 Å². The number of hydrogen-bond acceptors (Lipinski definition) is 4. The van der Waals surface area contributed by atoms with E-state index in [2.05, 4.69) is 15.3 Å². The van der Waals surface area contributed by atoms with Crippen molar-refractivity contribution in [1.82, 2.24) is 14.5 Å². The lowest BCUT2D eigenvalue weighted by molar-refractivity contribution is -0.137. The molecule has 3 aromatic heterocycles. The summed E-state index contributed by atoms with van der Waals surface area (Å²) in [7, 11) is 0. The molecule has 0 aliphatic carbocycles. The summed E-state index contributed by atoms with van der Waals surface area (Å²) >= 11 is 0. The number of nitrogens with zero attached hydrogens (tertiary/aromatic N) is 3. The van der Waals surface area contributed by atoms with Gasteiger partial charge in [-0.15, -0.1) is 0 Å². The number of benzene rings is 2. The quantitative estimate of drug-likeness (QED) is 0.253. The van der Waals surface area contributed by atoms with Crippen LogP contribution in [0.2, 0.25) is 0 Å². The van der Waals surface area contributed by atoms with E-state index >= 15 is 0 Å². The molecule has 1 N–H and O–H groups in total. The minimum Gasteiger partial charge on any atom is -0.324 e. The molecule has 0 saturated heterocycles. The predicted octanol–water partition coefficient (Wildman–Crippen LogP) is 6.75. The van der Waals surface area contributed by atoms with Gasteiger partial charge in [-0.2, -0.15) is 13.2 Å². The van der Waals surface area contributed by atoms with Crippen LogP contribution in [0.15, 0.2) is 83.9 Å². The van der Waals surface area contributed by atoms with Gasteiger partial charge in [-0.3, -0.25) is 24.1 Å². The summed E-state index contributed by atoms with van der Waals surface area (Å²) in [6, 6.07) is 16.4. The van der Waals surface area contributed by atoms with Crippen molar-refractivity contribution >= 4 is 33.4 Å². The number of amides is 1. The van der Waals surface area contributed by atoms with Gasteiger partial charge < -0.3 is 5.32 Å². The molecule has 6 nitrogen and oxygen atoms in total. The summed E-state index contributed by atoms with van der Waals surface area (Å²) in [6.45, 7) is 2.01. The first-order valence-corrected chi connectivity index (χ1v) is 12.1. The second-order valence-corrected chi connectivity index (χ2v) is 8.90. The maximum Gasteiger partial charge on any atom is 0.416 e. The van der Waals surface area contributed by atoms with E-state index in [1.165, 1.54) is 22.8 Å². The van der Waals surface area contributed by atoms with Crippen molar-refractivity contribution in [2.24, 2.45) is 0 Å². The molecule has 0 bridgehead atoms. The number of anilines is 1. The number of hydrogen-bond donors (Lipinski definition) is 1. The molecule has 0 aliphatic heterocycles. The van der Waals surface area contributed by atoms with Crippen LogP contribution in [0.25, 0.3) is 38.8 Å². The third kappa shape index (κ3) is 4.87. The molecule has 38 heavy (non-hydrogen) atoms. The van der Waals surface area contributed by atoms with Crippen molar-refractivity contribution in [3.63, 3.8) is 0 Å². The highest BCUT2D eigenvalue weighted by molar-refractivity contribution is 6.06. The van der Waals surface area contributed by atoms with Gasteiger partial charge in [0.05, 0.1) is 28.0 Å². The second kappa shape index (κ2) is 10.1. The van der Waals surface area contributed by atoms with Crippen LogP contribution < -0.4 is 10.9 Å². The SMILES string of the molecule is CCCCC(=O)Nc1cccnc1-c1ccc2ncc3ccc(=O)n(-c4cccc(C(F)(F)F)c4)c3c2c1. The third-order valence-corrected chi connectivity index (χ3v) is 6.26. The van der Waals surface area contributed by atoms with Gasteiger partial charge in [0.15, 0.2) is 0 Å². The fourth-order valence-corrected chi connectivity index (χ4v) is 4.42. The Morgan fingerprint density at radius 1 is 1.00 bits per heavy atom. The summed E-state index contributed by atoms with van der Waals surface area (Å²) in [5.41, 5.74) is 1.47. The zero-order valence-electron chi connectivity index (χ0n) is 20.4. The standard InChI is InChI=1S/C29H23F3N4O2/c1-2-3-9-25(37)35-24-8-5-14-33-27(24)18-10-12-23-22(15-18)28-19(17-34-23)11-13-26(38)36(28)21-7-4-6-20(16-21)29(30,31)32/h4-8,10-17H,2-3,9H2,1H3,(H,35,37). The minimum absolute atomic E-state index is 0.0926. The van der Waals surface area contributed by atoms with Gasteiger partial charge in [0.2, 0.25) is 5.91 Å². The molecule has 192 valence electrons. The average Bonchev–Trinajstić information content (AvgIpc) is 2.91. The van der Waals surface area contributed by atoms with Crippen molar-refractivity contribution in [2.75, 3.05) is 5.32 Å². The maximum atomic E-state index is 13.5. The van der Waals surface area contributed by atoms with Crippen molar-refractivity contribution < 1.29 is 18.0 Å². The molecule has 5 aromatic rings. The smallest absolute Gasteiger partial charge is 0.324 e. The van der Waals surface area contributed by atoms with Gasteiger partial charge in [-0.25, -0.2) is 0 Å². The van der Waals surface area contributed by atoms with Crippen LogP contribution in [0, 0.1) is 0 Å². The van der Waals surface area contributed by atoms with Crippen LogP contribution in [0.1, 0.15) is 31.7 Å². The zero-order chi connectivity index (χ0) is 26.9. The van der Waals surface area contributed by atoms with Gasteiger partial charge in [0, 0.05) is 46.9 Å². The molecule has 9 heteroatoms. The van der Waals surface area contributed by atoms with E-state index in [1.807, 2.05) is 6.92 Å². The Labute approximate surface area is 215 Å². The van der Waals surface area contributed by atoms with E-state index in [1.54, 1.807) is 48.8 Å². The first kappa shape index (κ1) is 25.1. The molecule has 3 heterocycles. The van der Waals surface area contributed by atoms with Crippen LogP contribution >= 0.6 is 0 Å². The molecule has 0 radical (unpaired) electrons. The monoisotopic (exact) mass is 516 g/mol. The lowest BCUT2D eigenvalue weighted by Crippen LogP contribution is -2.18. The average molecular weight is 517 g/mol. The van der Waals surface area contributed by atoms with Crippen molar-refractivity contribution in [1.29, 1.82) is 0 Å². The molecular formula is C29H23F3N4O2. The Balaban J connectivity index is 1.72. The number of carbonyl (C=O) groups is 1. The van der Waals surface area contributed by atoms with Gasteiger partial charge in [0.25, 0.3) is 5.56 Å². The molecule has 0 spiro atoms. The van der Waals surface area contributed by atoms with E-state index in [0.29, 0.717) is 45.2 Å². The van der Waals surface area contributed by atoms with Crippen LogP contribution in [0.5, 0.6) is 0 Å². The van der Waals surface area contributed by atoms with Crippen molar-refractivity contribution in [3.8, 4) is 16.9 Å². The molecule has 0 aliphatic rings. The summed E-state index contributed by atoms with van der Waals surface area (Å²) < 4.78 is 41.6. The van der Waals surface area contributed by atoms with E-state index in [-0.39, 0.29) is 11.6 Å². The van der Waals surface area contributed by atoms with Gasteiger partial charge in [0.1, 0.15) is 0 Å². The number of aromatic nitrogens is 3. The molecule has 0 atom stereocenters. The zero-order valence-corrected chi connectivity index (χ0v) is 20.4. The summed E-state index contributed by atoms with van der Waals surface area (Å²) in [5, 5.41) is 4.06. The van der Waals surface area contributed by atoms with E-state index in [4.69, 9.17) is 0 Å². The highest BCUT2D eigenvalue weighted by atomic mass is 19.4. The Kier molecular flexibility index (Phi) is 6.67. The first-order chi connectivity index (χ1) is 18.3.